The molecule has 0 saturated heterocycles. The number of likely N-dealkylation sites (N-methyl/N-ethyl adjacent to an activating group) is 1. The highest BCUT2D eigenvalue weighted by molar-refractivity contribution is 5.84. The van der Waals surface area contributed by atoms with Crippen molar-refractivity contribution in [1.29, 1.82) is 0 Å². The normalized spacial score (nSPS) is 12.7. The van der Waals surface area contributed by atoms with Crippen molar-refractivity contribution in [1.82, 2.24) is 5.32 Å². The van der Waals surface area contributed by atoms with Gasteiger partial charge in [0.25, 0.3) is 0 Å². The van der Waals surface area contributed by atoms with Crippen LogP contribution in [-0.4, -0.2) is 25.6 Å². The van der Waals surface area contributed by atoms with Crippen LogP contribution in [0.2, 0.25) is 0 Å². The number of hydrogen-bond donors (Lipinski definition) is 2. The largest absolute Gasteiger partial charge is 0.495 e. The van der Waals surface area contributed by atoms with Crippen molar-refractivity contribution >= 4 is 11.6 Å². The van der Waals surface area contributed by atoms with E-state index in [0.29, 0.717) is 6.54 Å². The number of rotatable bonds is 5. The third kappa shape index (κ3) is 4.15. The fourth-order valence-electron chi connectivity index (χ4n) is 1.91. The predicted molar refractivity (Wildman–Crippen MR) is 83.5 cm³/mol. The zero-order chi connectivity index (χ0) is 15.3. The highest BCUT2D eigenvalue weighted by atomic mass is 16.5. The number of nitrogens with one attached hydrogen (secondary N) is 2. The molecule has 0 saturated carbocycles. The van der Waals surface area contributed by atoms with E-state index < -0.39 is 0 Å². The van der Waals surface area contributed by atoms with Crippen LogP contribution in [0, 0.1) is 0 Å². The fraction of sp³-hybridized carbons (Fsp3) is 0.562. The maximum atomic E-state index is 11.8. The predicted octanol–water partition coefficient (Wildman–Crippen LogP) is 2.93. The SMILES string of the molecule is CCNC(=O)[C@H](C)Nc1cc(C(C)(C)C)ccc1OC. The molecule has 0 aliphatic carbocycles. The van der Waals surface area contributed by atoms with E-state index in [9.17, 15) is 4.79 Å². The summed E-state index contributed by atoms with van der Waals surface area (Å²) in [5.41, 5.74) is 2.10. The molecule has 0 radical (unpaired) electrons. The maximum absolute atomic E-state index is 11.8. The molecule has 1 aromatic rings. The molecule has 0 bridgehead atoms. The lowest BCUT2D eigenvalue weighted by molar-refractivity contribution is -0.121. The summed E-state index contributed by atoms with van der Waals surface area (Å²) in [6, 6.07) is 5.74. The van der Waals surface area contributed by atoms with Crippen molar-refractivity contribution in [3.63, 3.8) is 0 Å². The summed E-state index contributed by atoms with van der Waals surface area (Å²) in [5.74, 6) is 0.727. The summed E-state index contributed by atoms with van der Waals surface area (Å²) in [5, 5.41) is 6.03. The Balaban J connectivity index is 3.00. The molecule has 0 fully saturated rings. The van der Waals surface area contributed by atoms with E-state index in [1.807, 2.05) is 19.9 Å². The van der Waals surface area contributed by atoms with E-state index in [4.69, 9.17) is 4.74 Å². The summed E-state index contributed by atoms with van der Waals surface area (Å²) in [6.45, 7) is 10.9. The number of amides is 1. The number of anilines is 1. The van der Waals surface area contributed by atoms with E-state index in [1.165, 1.54) is 5.56 Å². The Morgan fingerprint density at radius 2 is 2.00 bits per heavy atom. The molecule has 0 unspecified atom stereocenters. The molecule has 4 heteroatoms. The lowest BCUT2D eigenvalue weighted by atomic mass is 9.86. The topological polar surface area (TPSA) is 50.4 Å². The lowest BCUT2D eigenvalue weighted by Crippen LogP contribution is -2.37. The van der Waals surface area contributed by atoms with Crippen LogP contribution in [0.4, 0.5) is 5.69 Å². The van der Waals surface area contributed by atoms with Crippen LogP contribution < -0.4 is 15.4 Å². The second-order valence-corrected chi connectivity index (χ2v) is 5.93. The van der Waals surface area contributed by atoms with Gasteiger partial charge in [-0.15, -0.1) is 0 Å². The number of hydrogen-bond acceptors (Lipinski definition) is 3. The average Bonchev–Trinajstić information content (AvgIpc) is 2.37. The van der Waals surface area contributed by atoms with Crippen molar-refractivity contribution < 1.29 is 9.53 Å². The second kappa shape index (κ2) is 6.64. The summed E-state index contributed by atoms with van der Waals surface area (Å²) in [4.78, 5) is 11.8. The van der Waals surface area contributed by atoms with Crippen molar-refractivity contribution in [2.45, 2.75) is 46.1 Å². The van der Waals surface area contributed by atoms with Gasteiger partial charge in [-0.3, -0.25) is 4.79 Å². The van der Waals surface area contributed by atoms with Gasteiger partial charge >= 0.3 is 0 Å². The summed E-state index contributed by atoms with van der Waals surface area (Å²) in [7, 11) is 1.63. The lowest BCUT2D eigenvalue weighted by Gasteiger charge is -2.23. The van der Waals surface area contributed by atoms with Gasteiger partial charge in [-0.1, -0.05) is 26.8 Å². The monoisotopic (exact) mass is 278 g/mol. The Kier molecular flexibility index (Phi) is 5.43. The van der Waals surface area contributed by atoms with Crippen molar-refractivity contribution in [3.05, 3.63) is 23.8 Å². The minimum Gasteiger partial charge on any atom is -0.495 e. The third-order valence-corrected chi connectivity index (χ3v) is 3.18. The average molecular weight is 278 g/mol. The summed E-state index contributed by atoms with van der Waals surface area (Å²) in [6.07, 6.45) is 0. The van der Waals surface area contributed by atoms with Crippen molar-refractivity contribution in [2.24, 2.45) is 0 Å². The highest BCUT2D eigenvalue weighted by Crippen LogP contribution is 2.31. The first-order valence-electron chi connectivity index (χ1n) is 7.02. The van der Waals surface area contributed by atoms with Gasteiger partial charge in [0.1, 0.15) is 11.8 Å². The minimum absolute atomic E-state index is 0.0179. The van der Waals surface area contributed by atoms with Crippen LogP contribution in [0.3, 0.4) is 0 Å². The Morgan fingerprint density at radius 3 is 2.50 bits per heavy atom. The molecule has 4 nitrogen and oxygen atoms in total. The van der Waals surface area contributed by atoms with Crippen LogP contribution >= 0.6 is 0 Å². The van der Waals surface area contributed by atoms with E-state index in [1.54, 1.807) is 7.11 Å². The second-order valence-electron chi connectivity index (χ2n) is 5.93. The van der Waals surface area contributed by atoms with Crippen LogP contribution in [0.1, 0.15) is 40.2 Å². The van der Waals surface area contributed by atoms with Crippen LogP contribution in [-0.2, 0) is 10.2 Å². The van der Waals surface area contributed by atoms with Crippen molar-refractivity contribution in [3.8, 4) is 5.75 Å². The van der Waals surface area contributed by atoms with E-state index in [2.05, 4.69) is 43.5 Å². The summed E-state index contributed by atoms with van der Waals surface area (Å²) >= 11 is 0. The van der Waals surface area contributed by atoms with Gasteiger partial charge in [0.2, 0.25) is 5.91 Å². The number of carbonyl (C=O) groups excluding carboxylic acids is 1. The molecule has 2 N–H and O–H groups in total. The first-order valence-corrected chi connectivity index (χ1v) is 7.02. The van der Waals surface area contributed by atoms with Crippen LogP contribution in [0.5, 0.6) is 5.75 Å². The summed E-state index contributed by atoms with van der Waals surface area (Å²) < 4.78 is 5.36. The first-order chi connectivity index (χ1) is 9.29. The highest BCUT2D eigenvalue weighted by Gasteiger charge is 2.18. The molecule has 112 valence electrons. The molecule has 20 heavy (non-hydrogen) atoms. The molecule has 0 aliphatic rings. The third-order valence-electron chi connectivity index (χ3n) is 3.18. The Bertz CT molecular complexity index is 464. The molecule has 1 rings (SSSR count). The van der Waals surface area contributed by atoms with Crippen LogP contribution in [0.15, 0.2) is 18.2 Å². The zero-order valence-electron chi connectivity index (χ0n) is 13.3. The van der Waals surface area contributed by atoms with Gasteiger partial charge in [0.15, 0.2) is 0 Å². The quantitative estimate of drug-likeness (QED) is 0.870. The Hall–Kier alpha value is -1.71. The van der Waals surface area contributed by atoms with E-state index in [-0.39, 0.29) is 17.4 Å². The number of ether oxygens (including phenoxy) is 1. The van der Waals surface area contributed by atoms with Gasteiger partial charge in [0.05, 0.1) is 12.8 Å². The number of methoxy groups -OCH3 is 1. The molecular formula is C16H26N2O2. The molecule has 0 spiro atoms. The van der Waals surface area contributed by atoms with Gasteiger partial charge in [-0.2, -0.15) is 0 Å². The van der Waals surface area contributed by atoms with Crippen molar-refractivity contribution in [2.75, 3.05) is 19.0 Å². The van der Waals surface area contributed by atoms with E-state index in [0.717, 1.165) is 11.4 Å². The fourth-order valence-corrected chi connectivity index (χ4v) is 1.91. The van der Waals surface area contributed by atoms with Gasteiger partial charge < -0.3 is 15.4 Å². The number of carbonyl (C=O) groups is 1. The molecule has 0 heterocycles. The molecule has 0 aromatic heterocycles. The van der Waals surface area contributed by atoms with Gasteiger partial charge in [-0.05, 0) is 37.0 Å². The molecule has 1 aromatic carbocycles. The van der Waals surface area contributed by atoms with E-state index >= 15 is 0 Å². The minimum atomic E-state index is -0.306. The van der Waals surface area contributed by atoms with Crippen LogP contribution in [0.25, 0.3) is 0 Å². The molecule has 0 aliphatic heterocycles. The number of benzene rings is 1. The van der Waals surface area contributed by atoms with Gasteiger partial charge in [0, 0.05) is 6.54 Å². The van der Waals surface area contributed by atoms with Gasteiger partial charge in [-0.25, -0.2) is 0 Å². The molecule has 1 atom stereocenters. The smallest absolute Gasteiger partial charge is 0.242 e. The molecule has 1 amide bonds. The Morgan fingerprint density at radius 1 is 1.35 bits per heavy atom. The Labute approximate surface area is 121 Å². The zero-order valence-corrected chi connectivity index (χ0v) is 13.3. The standard InChI is InChI=1S/C16H26N2O2/c1-7-17-15(19)11(2)18-13-10-12(16(3,4)5)8-9-14(13)20-6/h8-11,18H,7H2,1-6H3,(H,17,19)/t11-/m0/s1. The maximum Gasteiger partial charge on any atom is 0.242 e. The molecular weight excluding hydrogens is 252 g/mol. The first kappa shape index (κ1) is 16.3.